The number of hydrogen-bond acceptors (Lipinski definition) is 6. The summed E-state index contributed by atoms with van der Waals surface area (Å²) in [5.74, 6) is 1.48. The summed E-state index contributed by atoms with van der Waals surface area (Å²) >= 11 is 1.86. The molecule has 3 heterocycles. The van der Waals surface area contributed by atoms with E-state index < -0.39 is 0 Å². The lowest BCUT2D eigenvalue weighted by molar-refractivity contribution is 0.0904. The summed E-state index contributed by atoms with van der Waals surface area (Å²) < 4.78 is 10.8. The third kappa shape index (κ3) is 4.39. The molecule has 2 saturated heterocycles. The average Bonchev–Trinajstić information content (AvgIpc) is 2.68. The van der Waals surface area contributed by atoms with Crippen molar-refractivity contribution in [1.82, 2.24) is 9.97 Å². The van der Waals surface area contributed by atoms with Crippen LogP contribution in [0.3, 0.4) is 0 Å². The minimum Gasteiger partial charge on any atom is -0.382 e. The molecule has 0 saturated carbocycles. The molecule has 1 aromatic carbocycles. The monoisotopic (exact) mass is 375 g/mol. The molecule has 2 aliphatic rings. The van der Waals surface area contributed by atoms with Crippen molar-refractivity contribution >= 4 is 28.4 Å². The number of benzene rings is 1. The van der Waals surface area contributed by atoms with E-state index in [4.69, 9.17) is 14.5 Å². The van der Waals surface area contributed by atoms with Crippen LogP contribution in [0.4, 0.5) is 5.69 Å². The molecule has 6 nitrogen and oxygen atoms in total. The number of aromatic nitrogens is 2. The Balaban J connectivity index is 1.48. The lowest BCUT2D eigenvalue weighted by atomic mass is 10.1. The Bertz CT molecular complexity index is 798. The molecule has 1 aromatic heterocycles. The normalized spacial score (nSPS) is 19.7. The highest BCUT2D eigenvalue weighted by atomic mass is 32.2. The summed E-state index contributed by atoms with van der Waals surface area (Å²) in [5, 5.41) is 4.77. The largest absolute Gasteiger partial charge is 0.382 e. The molecule has 2 N–H and O–H groups in total. The molecule has 0 radical (unpaired) electrons. The van der Waals surface area contributed by atoms with E-state index >= 15 is 0 Å². The van der Waals surface area contributed by atoms with E-state index in [0.29, 0.717) is 16.7 Å². The number of anilines is 1. The van der Waals surface area contributed by atoms with Crippen LogP contribution in [0.25, 0.3) is 10.9 Å². The highest BCUT2D eigenvalue weighted by molar-refractivity contribution is 7.99. The summed E-state index contributed by atoms with van der Waals surface area (Å²) in [6, 6.07) is 6.23. The van der Waals surface area contributed by atoms with Crippen LogP contribution in [-0.4, -0.2) is 47.7 Å². The Labute approximate surface area is 157 Å². The smallest absolute Gasteiger partial charge is 0.258 e. The minimum atomic E-state index is -0.0600. The van der Waals surface area contributed by atoms with E-state index in [9.17, 15) is 4.79 Å². The lowest BCUT2D eigenvalue weighted by Gasteiger charge is -2.24. The summed E-state index contributed by atoms with van der Waals surface area (Å²) in [5.41, 5.74) is 1.72. The third-order valence-electron chi connectivity index (χ3n) is 4.97. The van der Waals surface area contributed by atoms with Gasteiger partial charge in [-0.15, -0.1) is 0 Å². The number of hydrogen-bond donors (Lipinski definition) is 2. The van der Waals surface area contributed by atoms with Gasteiger partial charge >= 0.3 is 0 Å². The number of aromatic amines is 1. The Kier molecular flexibility index (Phi) is 5.77. The number of nitrogens with one attached hydrogen (secondary N) is 2. The molecule has 140 valence electrons. The zero-order valence-electron chi connectivity index (χ0n) is 14.8. The van der Waals surface area contributed by atoms with E-state index in [1.165, 1.54) is 0 Å². The van der Waals surface area contributed by atoms with E-state index in [2.05, 4.69) is 10.3 Å². The number of H-pyrrole nitrogens is 1. The fraction of sp³-hybridized carbons (Fsp3) is 0.579. The average molecular weight is 375 g/mol. The summed E-state index contributed by atoms with van der Waals surface area (Å²) in [6.45, 7) is 3.27. The van der Waals surface area contributed by atoms with Gasteiger partial charge < -0.3 is 19.8 Å². The molecule has 26 heavy (non-hydrogen) atoms. The van der Waals surface area contributed by atoms with Gasteiger partial charge in [0, 0.05) is 43.4 Å². The standard InChI is InChI=1S/C19H25N3O3S/c23-19-16-2-1-14(20-13-3-7-24-8-4-13)11-17(16)21-18(22-19)12-26-15-5-9-25-10-6-15/h1-2,11,13,15,20H,3-10,12H2,(H,21,22,23). The van der Waals surface area contributed by atoms with E-state index in [1.54, 1.807) is 0 Å². The zero-order valence-corrected chi connectivity index (χ0v) is 15.6. The first-order chi connectivity index (χ1) is 12.8. The maximum atomic E-state index is 12.4. The summed E-state index contributed by atoms with van der Waals surface area (Å²) in [4.78, 5) is 20.0. The topological polar surface area (TPSA) is 76.2 Å². The van der Waals surface area contributed by atoms with Gasteiger partial charge in [0.1, 0.15) is 5.82 Å². The quantitative estimate of drug-likeness (QED) is 0.837. The van der Waals surface area contributed by atoms with E-state index in [0.717, 1.165) is 74.9 Å². The van der Waals surface area contributed by atoms with Crippen LogP contribution in [-0.2, 0) is 15.2 Å². The Hall–Kier alpha value is -1.57. The fourth-order valence-corrected chi connectivity index (χ4v) is 4.52. The molecule has 0 aliphatic carbocycles. The fourth-order valence-electron chi connectivity index (χ4n) is 3.46. The van der Waals surface area contributed by atoms with Gasteiger partial charge in [0.15, 0.2) is 0 Å². The van der Waals surface area contributed by atoms with Crippen LogP contribution in [0, 0.1) is 0 Å². The first-order valence-electron chi connectivity index (χ1n) is 9.34. The van der Waals surface area contributed by atoms with Gasteiger partial charge in [-0.25, -0.2) is 4.98 Å². The first-order valence-corrected chi connectivity index (χ1v) is 10.4. The molecule has 7 heteroatoms. The van der Waals surface area contributed by atoms with Crippen molar-refractivity contribution in [3.63, 3.8) is 0 Å². The van der Waals surface area contributed by atoms with Crippen LogP contribution in [0.1, 0.15) is 31.5 Å². The third-order valence-corrected chi connectivity index (χ3v) is 6.35. The van der Waals surface area contributed by atoms with Crippen LogP contribution in [0.2, 0.25) is 0 Å². The van der Waals surface area contributed by atoms with Crippen molar-refractivity contribution in [2.75, 3.05) is 31.7 Å². The predicted molar refractivity (Wildman–Crippen MR) is 105 cm³/mol. The van der Waals surface area contributed by atoms with Crippen LogP contribution < -0.4 is 10.9 Å². The van der Waals surface area contributed by atoms with Gasteiger partial charge in [0.25, 0.3) is 5.56 Å². The van der Waals surface area contributed by atoms with E-state index in [1.807, 2.05) is 30.0 Å². The number of nitrogens with zero attached hydrogens (tertiary/aromatic N) is 1. The highest BCUT2D eigenvalue weighted by Gasteiger charge is 2.16. The summed E-state index contributed by atoms with van der Waals surface area (Å²) in [6.07, 6.45) is 4.16. The minimum absolute atomic E-state index is 0.0600. The second kappa shape index (κ2) is 8.41. The lowest BCUT2D eigenvalue weighted by Crippen LogP contribution is -2.27. The molecule has 0 atom stereocenters. The van der Waals surface area contributed by atoms with Crippen molar-refractivity contribution in [3.8, 4) is 0 Å². The van der Waals surface area contributed by atoms with Crippen molar-refractivity contribution in [2.24, 2.45) is 0 Å². The first kappa shape index (κ1) is 17.8. The van der Waals surface area contributed by atoms with Crippen LogP contribution in [0.5, 0.6) is 0 Å². The van der Waals surface area contributed by atoms with Crippen molar-refractivity contribution in [2.45, 2.75) is 42.7 Å². The molecule has 0 bridgehead atoms. The highest BCUT2D eigenvalue weighted by Crippen LogP contribution is 2.25. The van der Waals surface area contributed by atoms with Gasteiger partial charge in [-0.2, -0.15) is 11.8 Å². The summed E-state index contributed by atoms with van der Waals surface area (Å²) in [7, 11) is 0. The Morgan fingerprint density at radius 1 is 1.12 bits per heavy atom. The maximum absolute atomic E-state index is 12.4. The number of rotatable bonds is 5. The maximum Gasteiger partial charge on any atom is 0.258 e. The van der Waals surface area contributed by atoms with Crippen molar-refractivity contribution < 1.29 is 9.47 Å². The number of thioether (sulfide) groups is 1. The van der Waals surface area contributed by atoms with Gasteiger partial charge in [0.2, 0.25) is 0 Å². The number of fused-ring (bicyclic) bond motifs is 1. The molecule has 4 rings (SSSR count). The SMILES string of the molecule is O=c1[nH]c(CSC2CCOCC2)nc2cc(NC3CCOCC3)ccc12. The Morgan fingerprint density at radius 3 is 2.62 bits per heavy atom. The molecular weight excluding hydrogens is 350 g/mol. The second-order valence-corrected chi connectivity index (χ2v) is 8.19. The molecule has 2 fully saturated rings. The van der Waals surface area contributed by atoms with Crippen molar-refractivity contribution in [1.29, 1.82) is 0 Å². The van der Waals surface area contributed by atoms with Crippen molar-refractivity contribution in [3.05, 3.63) is 34.4 Å². The number of ether oxygens (including phenoxy) is 2. The van der Waals surface area contributed by atoms with Crippen LogP contribution >= 0.6 is 11.8 Å². The molecule has 0 amide bonds. The molecule has 0 unspecified atom stereocenters. The second-order valence-electron chi connectivity index (χ2n) is 6.90. The molecule has 2 aromatic rings. The molecule has 2 aliphatic heterocycles. The van der Waals surface area contributed by atoms with Gasteiger partial charge in [-0.1, -0.05) is 0 Å². The zero-order chi connectivity index (χ0) is 17.8. The van der Waals surface area contributed by atoms with Gasteiger partial charge in [-0.3, -0.25) is 4.79 Å². The Morgan fingerprint density at radius 2 is 1.85 bits per heavy atom. The van der Waals surface area contributed by atoms with Gasteiger partial charge in [-0.05, 0) is 43.9 Å². The molecule has 0 spiro atoms. The predicted octanol–water partition coefficient (Wildman–Crippen LogP) is 2.93. The van der Waals surface area contributed by atoms with E-state index in [-0.39, 0.29) is 5.56 Å². The van der Waals surface area contributed by atoms with Crippen LogP contribution in [0.15, 0.2) is 23.0 Å². The van der Waals surface area contributed by atoms with Gasteiger partial charge in [0.05, 0.1) is 16.7 Å². The molecular formula is C19H25N3O3S.